The molecule has 1 unspecified atom stereocenters. The Balaban J connectivity index is 2.34. The van der Waals surface area contributed by atoms with Gasteiger partial charge in [0.15, 0.2) is 0 Å². The fourth-order valence-corrected chi connectivity index (χ4v) is 4.61. The molecule has 2 fully saturated rings. The average Bonchev–Trinajstić information content (AvgIpc) is 2.15. The second-order valence-electron chi connectivity index (χ2n) is 6.83. The van der Waals surface area contributed by atoms with E-state index >= 15 is 0 Å². The van der Waals surface area contributed by atoms with E-state index in [0.717, 1.165) is 12.3 Å². The van der Waals surface area contributed by atoms with Crippen molar-refractivity contribution >= 4 is 0 Å². The predicted molar refractivity (Wildman–Crippen MR) is 68.2 cm³/mol. The Morgan fingerprint density at radius 2 is 2.00 bits per heavy atom. The summed E-state index contributed by atoms with van der Waals surface area (Å²) in [5.74, 6) is 1.10. The summed E-state index contributed by atoms with van der Waals surface area (Å²) in [7, 11) is 0. The number of hydrogen-bond donors (Lipinski definition) is 1. The lowest BCUT2D eigenvalue weighted by atomic mass is 9.48. The highest BCUT2D eigenvalue weighted by atomic mass is 16.3. The van der Waals surface area contributed by atoms with Gasteiger partial charge in [-0.2, -0.15) is 0 Å². The van der Waals surface area contributed by atoms with Crippen molar-refractivity contribution in [3.05, 3.63) is 12.2 Å². The van der Waals surface area contributed by atoms with Crippen molar-refractivity contribution in [1.29, 1.82) is 0 Å². The van der Waals surface area contributed by atoms with Crippen molar-refractivity contribution in [3.8, 4) is 0 Å². The Kier molecular flexibility index (Phi) is 2.94. The zero-order chi connectivity index (χ0) is 12.0. The van der Waals surface area contributed by atoms with Crippen LogP contribution in [0, 0.1) is 22.7 Å². The summed E-state index contributed by atoms with van der Waals surface area (Å²) >= 11 is 0. The number of aliphatic hydroxyl groups excluding tert-OH is 1. The van der Waals surface area contributed by atoms with Gasteiger partial charge in [0.1, 0.15) is 0 Å². The molecule has 0 bridgehead atoms. The van der Waals surface area contributed by atoms with Crippen LogP contribution in [0.15, 0.2) is 12.2 Å². The van der Waals surface area contributed by atoms with Crippen LogP contribution in [0.3, 0.4) is 0 Å². The van der Waals surface area contributed by atoms with Crippen molar-refractivity contribution in [2.45, 2.75) is 52.9 Å². The molecule has 16 heavy (non-hydrogen) atoms. The molecule has 1 heteroatoms. The molecule has 0 saturated heterocycles. The van der Waals surface area contributed by atoms with E-state index in [9.17, 15) is 5.11 Å². The smallest absolute Gasteiger partial charge is 0.0501 e. The van der Waals surface area contributed by atoms with E-state index in [1.807, 2.05) is 0 Å². The van der Waals surface area contributed by atoms with Gasteiger partial charge < -0.3 is 5.11 Å². The maximum absolute atomic E-state index is 9.67. The van der Waals surface area contributed by atoms with E-state index in [-0.39, 0.29) is 0 Å². The number of aliphatic hydroxyl groups is 1. The Morgan fingerprint density at radius 1 is 1.31 bits per heavy atom. The second kappa shape index (κ2) is 3.87. The number of fused-ring (bicyclic) bond motifs is 1. The molecule has 0 aliphatic heterocycles. The molecule has 92 valence electrons. The first kappa shape index (κ1) is 12.2. The largest absolute Gasteiger partial charge is 0.396 e. The fourth-order valence-electron chi connectivity index (χ4n) is 4.61. The van der Waals surface area contributed by atoms with E-state index in [1.165, 1.54) is 31.3 Å². The predicted octanol–water partition coefficient (Wildman–Crippen LogP) is 3.78. The van der Waals surface area contributed by atoms with Crippen molar-refractivity contribution in [3.63, 3.8) is 0 Å². The van der Waals surface area contributed by atoms with E-state index < -0.39 is 0 Å². The highest BCUT2D eigenvalue weighted by Gasteiger charge is 2.52. The van der Waals surface area contributed by atoms with Crippen LogP contribution in [0.1, 0.15) is 52.9 Å². The lowest BCUT2D eigenvalue weighted by molar-refractivity contribution is -0.0651. The van der Waals surface area contributed by atoms with Gasteiger partial charge in [0, 0.05) is 5.92 Å². The molecule has 0 aromatic heterocycles. The minimum Gasteiger partial charge on any atom is -0.396 e. The molecule has 0 aromatic rings. The first-order valence-corrected chi connectivity index (χ1v) is 6.70. The molecule has 2 saturated carbocycles. The van der Waals surface area contributed by atoms with Crippen molar-refractivity contribution in [2.75, 3.05) is 6.61 Å². The minimum atomic E-state index is 0.294. The Bertz CT molecular complexity index is 292. The SMILES string of the molecule is C=C1CCC2C(C)(C)CCC[C@]2(C)[C@H]1CO. The summed E-state index contributed by atoms with van der Waals surface area (Å²) in [6.45, 7) is 11.7. The first-order chi connectivity index (χ1) is 7.42. The molecule has 3 atom stereocenters. The molecule has 2 rings (SSSR count). The van der Waals surface area contributed by atoms with Gasteiger partial charge in [0.25, 0.3) is 0 Å². The standard InChI is InChI=1S/C15H26O/c1-11-6-7-13-14(2,3)8-5-9-15(13,4)12(11)10-16/h12-13,16H,1,5-10H2,2-4H3/t12-,13?,15+/m0/s1. The fraction of sp³-hybridized carbons (Fsp3) is 0.867. The Labute approximate surface area is 99.9 Å². The van der Waals surface area contributed by atoms with Crippen LogP contribution in [0.5, 0.6) is 0 Å². The quantitative estimate of drug-likeness (QED) is 0.669. The zero-order valence-corrected chi connectivity index (χ0v) is 11.1. The van der Waals surface area contributed by atoms with Gasteiger partial charge in [-0.05, 0) is 42.4 Å². The van der Waals surface area contributed by atoms with Crippen molar-refractivity contribution < 1.29 is 5.11 Å². The van der Waals surface area contributed by atoms with Crippen LogP contribution in [0.2, 0.25) is 0 Å². The summed E-state index contributed by atoms with van der Waals surface area (Å²) in [6, 6.07) is 0. The first-order valence-electron chi connectivity index (χ1n) is 6.70. The van der Waals surface area contributed by atoms with Gasteiger partial charge in [-0.15, -0.1) is 0 Å². The summed E-state index contributed by atoms with van der Waals surface area (Å²) < 4.78 is 0. The minimum absolute atomic E-state index is 0.294. The van der Waals surface area contributed by atoms with Crippen molar-refractivity contribution in [2.24, 2.45) is 22.7 Å². The zero-order valence-electron chi connectivity index (χ0n) is 11.1. The number of hydrogen-bond acceptors (Lipinski definition) is 1. The number of rotatable bonds is 1. The molecule has 2 aliphatic carbocycles. The topological polar surface area (TPSA) is 20.2 Å². The van der Waals surface area contributed by atoms with Crippen LogP contribution < -0.4 is 0 Å². The van der Waals surface area contributed by atoms with E-state index in [4.69, 9.17) is 0 Å². The van der Waals surface area contributed by atoms with Crippen LogP contribution in [0.25, 0.3) is 0 Å². The Hall–Kier alpha value is -0.300. The summed E-state index contributed by atoms with van der Waals surface area (Å²) in [6.07, 6.45) is 6.32. The van der Waals surface area contributed by atoms with E-state index in [0.29, 0.717) is 23.4 Å². The van der Waals surface area contributed by atoms with E-state index in [2.05, 4.69) is 27.4 Å². The summed E-state index contributed by atoms with van der Waals surface area (Å²) in [5.41, 5.74) is 2.03. The molecular weight excluding hydrogens is 196 g/mol. The third-order valence-corrected chi connectivity index (χ3v) is 5.50. The van der Waals surface area contributed by atoms with Gasteiger partial charge >= 0.3 is 0 Å². The van der Waals surface area contributed by atoms with Crippen LogP contribution >= 0.6 is 0 Å². The third kappa shape index (κ3) is 1.64. The molecular formula is C15H26O. The van der Waals surface area contributed by atoms with Crippen LogP contribution in [-0.4, -0.2) is 11.7 Å². The normalized spacial score (nSPS) is 42.9. The van der Waals surface area contributed by atoms with E-state index in [1.54, 1.807) is 0 Å². The van der Waals surface area contributed by atoms with Crippen LogP contribution in [0.4, 0.5) is 0 Å². The molecule has 0 heterocycles. The average molecular weight is 222 g/mol. The highest BCUT2D eigenvalue weighted by Crippen LogP contribution is 2.60. The maximum Gasteiger partial charge on any atom is 0.0501 e. The van der Waals surface area contributed by atoms with Crippen LogP contribution in [-0.2, 0) is 0 Å². The Morgan fingerprint density at radius 3 is 2.62 bits per heavy atom. The van der Waals surface area contributed by atoms with Gasteiger partial charge in [-0.25, -0.2) is 0 Å². The lowest BCUT2D eigenvalue weighted by Crippen LogP contribution is -2.50. The van der Waals surface area contributed by atoms with Gasteiger partial charge in [-0.1, -0.05) is 39.3 Å². The maximum atomic E-state index is 9.67. The molecule has 2 aliphatic rings. The monoisotopic (exact) mass is 222 g/mol. The van der Waals surface area contributed by atoms with Gasteiger partial charge in [-0.3, -0.25) is 0 Å². The lowest BCUT2D eigenvalue weighted by Gasteiger charge is -2.57. The molecule has 1 N–H and O–H groups in total. The second-order valence-corrected chi connectivity index (χ2v) is 6.83. The van der Waals surface area contributed by atoms with Gasteiger partial charge in [0.2, 0.25) is 0 Å². The molecule has 1 nitrogen and oxygen atoms in total. The molecule has 0 spiro atoms. The van der Waals surface area contributed by atoms with Crippen molar-refractivity contribution in [1.82, 2.24) is 0 Å². The molecule has 0 aromatic carbocycles. The summed E-state index contributed by atoms with van der Waals surface area (Å²) in [4.78, 5) is 0. The molecule has 0 amide bonds. The van der Waals surface area contributed by atoms with Gasteiger partial charge in [0.05, 0.1) is 6.61 Å². The highest BCUT2D eigenvalue weighted by molar-refractivity contribution is 5.15. The third-order valence-electron chi connectivity index (χ3n) is 5.50. The summed E-state index contributed by atoms with van der Waals surface area (Å²) in [5, 5.41) is 9.67. The molecule has 0 radical (unpaired) electrons.